The fourth-order valence-corrected chi connectivity index (χ4v) is 5.75. The molecule has 1 fully saturated rings. The number of aliphatic carboxylic acids is 1. The van der Waals surface area contributed by atoms with Crippen molar-refractivity contribution < 1.29 is 24.2 Å². The number of alkyl carbamates (subject to hydrolysis) is 1. The molecule has 2 aliphatic carbocycles. The van der Waals surface area contributed by atoms with Crippen molar-refractivity contribution in [2.45, 2.75) is 31.6 Å². The molecule has 0 radical (unpaired) electrons. The molecule has 8 heteroatoms. The van der Waals surface area contributed by atoms with Crippen LogP contribution in [0.2, 0.25) is 0 Å². The van der Waals surface area contributed by atoms with Gasteiger partial charge in [-0.2, -0.15) is 0 Å². The van der Waals surface area contributed by atoms with E-state index in [0.717, 1.165) is 19.3 Å². The molecule has 0 heterocycles. The first kappa shape index (κ1) is 25.1. The smallest absolute Gasteiger partial charge is 0.407 e. The molecule has 3 N–H and O–H groups in total. The summed E-state index contributed by atoms with van der Waals surface area (Å²) >= 11 is 1.29. The summed E-state index contributed by atoms with van der Waals surface area (Å²) in [6, 6.07) is 16.5. The molecule has 2 aromatic rings. The zero-order valence-corrected chi connectivity index (χ0v) is 20.5. The Balaban J connectivity index is 1.15. The molecule has 4 rings (SSSR count). The predicted molar refractivity (Wildman–Crippen MR) is 136 cm³/mol. The molecule has 0 aliphatic heterocycles. The lowest BCUT2D eigenvalue weighted by molar-refractivity contribution is -0.133. The normalized spacial score (nSPS) is 18.5. The minimum atomic E-state index is -0.843. The summed E-state index contributed by atoms with van der Waals surface area (Å²) < 4.78 is 5.62. The van der Waals surface area contributed by atoms with Crippen LogP contribution in [0.3, 0.4) is 0 Å². The molecule has 0 bridgehead atoms. The van der Waals surface area contributed by atoms with E-state index in [4.69, 9.17) is 9.84 Å². The minimum Gasteiger partial charge on any atom is -0.481 e. The first-order valence-corrected chi connectivity index (χ1v) is 13.3. The number of amides is 2. The summed E-state index contributed by atoms with van der Waals surface area (Å²) in [5, 5.41) is 14.4. The maximum atomic E-state index is 12.4. The molecule has 0 aromatic heterocycles. The summed E-state index contributed by atoms with van der Waals surface area (Å²) in [7, 11) is 0. The quantitative estimate of drug-likeness (QED) is 0.402. The number of benzene rings is 2. The molecule has 186 valence electrons. The zero-order valence-electron chi connectivity index (χ0n) is 19.7. The molecular weight excluding hydrogens is 464 g/mol. The van der Waals surface area contributed by atoms with Gasteiger partial charge in [0, 0.05) is 31.2 Å². The van der Waals surface area contributed by atoms with E-state index in [1.165, 1.54) is 34.0 Å². The first-order chi connectivity index (χ1) is 17.0. The van der Waals surface area contributed by atoms with Crippen molar-refractivity contribution in [1.82, 2.24) is 10.6 Å². The second kappa shape index (κ2) is 12.1. The summed E-state index contributed by atoms with van der Waals surface area (Å²) in [5.41, 5.74) is 4.80. The van der Waals surface area contributed by atoms with Crippen molar-refractivity contribution in [3.63, 3.8) is 0 Å². The second-order valence-electron chi connectivity index (χ2n) is 9.25. The van der Waals surface area contributed by atoms with Crippen molar-refractivity contribution in [2.75, 3.05) is 31.2 Å². The third kappa shape index (κ3) is 6.78. The Morgan fingerprint density at radius 2 is 1.60 bits per heavy atom. The van der Waals surface area contributed by atoms with E-state index in [9.17, 15) is 14.4 Å². The van der Waals surface area contributed by atoms with E-state index in [2.05, 4.69) is 34.9 Å². The third-order valence-electron chi connectivity index (χ3n) is 6.80. The summed E-state index contributed by atoms with van der Waals surface area (Å²) in [5.74, 6) is 0.521. The van der Waals surface area contributed by atoms with E-state index in [0.29, 0.717) is 43.7 Å². The number of carboxylic acids is 1. The van der Waals surface area contributed by atoms with Gasteiger partial charge in [-0.05, 0) is 53.4 Å². The number of ether oxygens (including phenoxy) is 1. The Labute approximate surface area is 210 Å². The fraction of sp³-hybridized carbons (Fsp3) is 0.444. The molecule has 2 amide bonds. The lowest BCUT2D eigenvalue weighted by Crippen LogP contribution is -2.30. The van der Waals surface area contributed by atoms with Gasteiger partial charge in [-0.1, -0.05) is 48.5 Å². The Hall–Kier alpha value is -3.00. The number of rotatable bonds is 11. The van der Waals surface area contributed by atoms with Crippen LogP contribution in [0.5, 0.6) is 0 Å². The highest BCUT2D eigenvalue weighted by atomic mass is 32.2. The molecule has 2 aliphatic rings. The molecular formula is C27H32N2O5S. The van der Waals surface area contributed by atoms with Crippen LogP contribution < -0.4 is 10.6 Å². The summed E-state index contributed by atoms with van der Waals surface area (Å²) in [6.07, 6.45) is 2.94. The van der Waals surface area contributed by atoms with E-state index in [-0.39, 0.29) is 17.6 Å². The average molecular weight is 497 g/mol. The number of hydrogen-bond donors (Lipinski definition) is 3. The van der Waals surface area contributed by atoms with Crippen molar-refractivity contribution in [3.8, 4) is 11.1 Å². The van der Waals surface area contributed by atoms with E-state index >= 15 is 0 Å². The van der Waals surface area contributed by atoms with E-state index < -0.39 is 12.1 Å². The van der Waals surface area contributed by atoms with Crippen molar-refractivity contribution >= 4 is 29.7 Å². The predicted octanol–water partition coefficient (Wildman–Crippen LogP) is 4.27. The van der Waals surface area contributed by atoms with Crippen LogP contribution in [0, 0.1) is 11.8 Å². The highest BCUT2D eigenvalue weighted by Crippen LogP contribution is 2.44. The van der Waals surface area contributed by atoms with Crippen LogP contribution in [0.4, 0.5) is 4.79 Å². The van der Waals surface area contributed by atoms with E-state index in [1.807, 2.05) is 24.3 Å². The summed E-state index contributed by atoms with van der Waals surface area (Å²) in [6.45, 7) is 1.34. The first-order valence-electron chi connectivity index (χ1n) is 12.2. The highest BCUT2D eigenvalue weighted by molar-refractivity contribution is 7.99. The summed E-state index contributed by atoms with van der Waals surface area (Å²) in [4.78, 5) is 35.0. The van der Waals surface area contributed by atoms with Crippen molar-refractivity contribution in [1.29, 1.82) is 0 Å². The van der Waals surface area contributed by atoms with Gasteiger partial charge in [0.25, 0.3) is 0 Å². The number of nitrogens with one attached hydrogen (secondary N) is 2. The fourth-order valence-electron chi connectivity index (χ4n) is 5.18. The van der Waals surface area contributed by atoms with Crippen LogP contribution in [-0.2, 0) is 14.3 Å². The molecule has 2 unspecified atom stereocenters. The van der Waals surface area contributed by atoms with Crippen molar-refractivity contribution in [3.05, 3.63) is 59.7 Å². The Kier molecular flexibility index (Phi) is 8.69. The molecule has 1 saturated carbocycles. The topological polar surface area (TPSA) is 105 Å². The van der Waals surface area contributed by atoms with Gasteiger partial charge in [-0.15, -0.1) is 11.8 Å². The van der Waals surface area contributed by atoms with Crippen molar-refractivity contribution in [2.24, 2.45) is 11.8 Å². The number of thioether (sulfide) groups is 1. The van der Waals surface area contributed by atoms with E-state index in [1.54, 1.807) is 0 Å². The van der Waals surface area contributed by atoms with Gasteiger partial charge in [0.15, 0.2) is 0 Å². The lowest BCUT2D eigenvalue weighted by atomic mass is 9.98. The third-order valence-corrected chi connectivity index (χ3v) is 7.74. The molecule has 7 nitrogen and oxygen atoms in total. The van der Waals surface area contributed by atoms with Gasteiger partial charge in [-0.3, -0.25) is 9.59 Å². The van der Waals surface area contributed by atoms with Crippen LogP contribution in [0.1, 0.15) is 42.7 Å². The average Bonchev–Trinajstić information content (AvgIpc) is 3.43. The van der Waals surface area contributed by atoms with Crippen LogP contribution >= 0.6 is 11.8 Å². The largest absolute Gasteiger partial charge is 0.481 e. The number of carboxylic acid groups (broad SMARTS) is 1. The van der Waals surface area contributed by atoms with Gasteiger partial charge in [0.05, 0.1) is 5.75 Å². The minimum absolute atomic E-state index is 0.0103. The highest BCUT2D eigenvalue weighted by Gasteiger charge is 2.30. The number of carbonyl (C=O) groups is 3. The van der Waals surface area contributed by atoms with Crippen LogP contribution in [-0.4, -0.2) is 54.3 Å². The molecule has 0 saturated heterocycles. The lowest BCUT2D eigenvalue weighted by Gasteiger charge is -2.16. The maximum absolute atomic E-state index is 12.4. The Morgan fingerprint density at radius 3 is 2.29 bits per heavy atom. The van der Waals surface area contributed by atoms with Gasteiger partial charge >= 0.3 is 12.1 Å². The molecule has 35 heavy (non-hydrogen) atoms. The zero-order chi connectivity index (χ0) is 24.6. The van der Waals surface area contributed by atoms with Gasteiger partial charge in [0.2, 0.25) is 5.91 Å². The second-order valence-corrected chi connectivity index (χ2v) is 10.4. The van der Waals surface area contributed by atoms with Crippen LogP contribution in [0.15, 0.2) is 48.5 Å². The number of fused-ring (bicyclic) bond motifs is 3. The van der Waals surface area contributed by atoms with Gasteiger partial charge < -0.3 is 20.5 Å². The van der Waals surface area contributed by atoms with Gasteiger partial charge in [-0.25, -0.2) is 4.79 Å². The van der Waals surface area contributed by atoms with Crippen LogP contribution in [0.25, 0.3) is 11.1 Å². The standard InChI is InChI=1S/C27H32N2O5S/c30-25(28-11-12-35-17-26(31)32)14-18-9-10-19(13-18)15-29-27(33)34-16-24-22-7-3-1-5-20(22)21-6-2-4-8-23(21)24/h1-8,18-19,24H,9-17H2,(H,28,30)(H,29,33)(H,31,32). The Morgan fingerprint density at radius 1 is 0.943 bits per heavy atom. The SMILES string of the molecule is O=C(O)CSCCNC(=O)CC1CCC(CNC(=O)OCC2c3ccccc3-c3ccccc32)C1. The monoisotopic (exact) mass is 496 g/mol. The molecule has 2 atom stereocenters. The Bertz CT molecular complexity index is 1010. The van der Waals surface area contributed by atoms with Gasteiger partial charge in [0.1, 0.15) is 6.61 Å². The number of hydrogen-bond acceptors (Lipinski definition) is 5. The number of carbonyl (C=O) groups excluding carboxylic acids is 2. The molecule has 2 aromatic carbocycles. The molecule has 0 spiro atoms. The maximum Gasteiger partial charge on any atom is 0.407 e.